The Morgan fingerprint density at radius 1 is 1.05 bits per heavy atom. The number of nitrogens with one attached hydrogen (secondary N) is 1. The lowest BCUT2D eigenvalue weighted by atomic mass is 9.89. The van der Waals surface area contributed by atoms with E-state index in [1.54, 1.807) is 12.1 Å². The van der Waals surface area contributed by atoms with Gasteiger partial charge in [-0.25, -0.2) is 4.79 Å². The first-order valence-corrected chi connectivity index (χ1v) is 13.9. The number of ether oxygens (including phenoxy) is 3. The van der Waals surface area contributed by atoms with E-state index in [9.17, 15) is 15.0 Å². The van der Waals surface area contributed by atoms with Gasteiger partial charge < -0.3 is 24.4 Å². The second-order valence-corrected chi connectivity index (χ2v) is 10.5. The van der Waals surface area contributed by atoms with E-state index in [1.165, 1.54) is 6.08 Å². The summed E-state index contributed by atoms with van der Waals surface area (Å²) >= 11 is 0. The van der Waals surface area contributed by atoms with Crippen molar-refractivity contribution in [3.63, 3.8) is 0 Å². The van der Waals surface area contributed by atoms with Crippen molar-refractivity contribution in [2.24, 2.45) is 5.92 Å². The maximum Gasteiger partial charge on any atom is 0.411 e. The van der Waals surface area contributed by atoms with E-state index in [-0.39, 0.29) is 37.4 Å². The summed E-state index contributed by atoms with van der Waals surface area (Å²) in [6.07, 6.45) is -0.820. The molecule has 1 aliphatic rings. The average molecular weight is 561 g/mol. The zero-order valence-corrected chi connectivity index (χ0v) is 23.9. The molecule has 3 aromatic carbocycles. The molecule has 3 N–H and O–H groups in total. The first-order valence-electron chi connectivity index (χ1n) is 13.9. The quantitative estimate of drug-likeness (QED) is 0.257. The molecule has 0 radical (unpaired) electrons. The van der Waals surface area contributed by atoms with Crippen molar-refractivity contribution in [3.8, 4) is 0 Å². The highest BCUT2D eigenvalue weighted by Crippen LogP contribution is 2.42. The Labute approximate surface area is 242 Å². The topological polar surface area (TPSA) is 100 Å². The zero-order valence-electron chi connectivity index (χ0n) is 23.9. The van der Waals surface area contributed by atoms with Crippen LogP contribution < -0.4 is 5.32 Å². The van der Waals surface area contributed by atoms with Gasteiger partial charge in [0, 0.05) is 29.8 Å². The van der Waals surface area contributed by atoms with Crippen LogP contribution in [-0.2, 0) is 20.8 Å². The Morgan fingerprint density at radius 2 is 1.71 bits per heavy atom. The third kappa shape index (κ3) is 7.81. The Bertz CT molecular complexity index is 1250. The summed E-state index contributed by atoms with van der Waals surface area (Å²) in [6.45, 7) is 8.34. The van der Waals surface area contributed by atoms with Crippen molar-refractivity contribution in [3.05, 3.63) is 114 Å². The molecule has 0 aromatic heterocycles. The van der Waals surface area contributed by atoms with Crippen LogP contribution in [-0.4, -0.2) is 53.6 Å². The van der Waals surface area contributed by atoms with Crippen LogP contribution in [0.25, 0.3) is 0 Å². The lowest BCUT2D eigenvalue weighted by Crippen LogP contribution is -2.46. The molecule has 0 spiro atoms. The third-order valence-electron chi connectivity index (χ3n) is 7.65. The molecule has 8 nitrogen and oxygen atoms in total. The zero-order chi connectivity index (χ0) is 29.4. The third-order valence-corrected chi connectivity index (χ3v) is 7.65. The molecule has 6 atom stereocenters. The molecule has 1 fully saturated rings. The van der Waals surface area contributed by atoms with Gasteiger partial charge in [-0.05, 0) is 42.8 Å². The summed E-state index contributed by atoms with van der Waals surface area (Å²) in [5.74, 6) is -0.00434. The molecule has 0 aliphatic carbocycles. The van der Waals surface area contributed by atoms with Gasteiger partial charge in [-0.15, -0.1) is 0 Å². The van der Waals surface area contributed by atoms with E-state index in [1.807, 2.05) is 80.7 Å². The number of carbonyl (C=O) groups is 1. The van der Waals surface area contributed by atoms with Crippen molar-refractivity contribution < 1.29 is 29.2 Å². The normalized spacial score (nSPS) is 22.1. The van der Waals surface area contributed by atoms with E-state index in [0.29, 0.717) is 12.2 Å². The summed E-state index contributed by atoms with van der Waals surface area (Å²) in [6, 6.07) is 24.6. The maximum absolute atomic E-state index is 11.9. The predicted octanol–water partition coefficient (Wildman–Crippen LogP) is 5.76. The predicted molar refractivity (Wildman–Crippen MR) is 158 cm³/mol. The van der Waals surface area contributed by atoms with Crippen LogP contribution in [0.2, 0.25) is 0 Å². The highest BCUT2D eigenvalue weighted by Gasteiger charge is 2.39. The molecule has 218 valence electrons. The lowest BCUT2D eigenvalue weighted by molar-refractivity contribution is -0.276. The fourth-order valence-corrected chi connectivity index (χ4v) is 4.96. The molecule has 3 aromatic rings. The van der Waals surface area contributed by atoms with Gasteiger partial charge in [0.1, 0.15) is 6.61 Å². The summed E-state index contributed by atoms with van der Waals surface area (Å²) in [5.41, 5.74) is 4.10. The van der Waals surface area contributed by atoms with Gasteiger partial charge >= 0.3 is 6.09 Å². The Morgan fingerprint density at radius 3 is 2.34 bits per heavy atom. The first kappa shape index (κ1) is 30.4. The van der Waals surface area contributed by atoms with E-state index < -0.39 is 18.5 Å². The van der Waals surface area contributed by atoms with Crippen molar-refractivity contribution in [1.29, 1.82) is 0 Å². The summed E-state index contributed by atoms with van der Waals surface area (Å²) in [4.78, 5) is 14.0. The van der Waals surface area contributed by atoms with Gasteiger partial charge in [0.25, 0.3) is 0 Å². The van der Waals surface area contributed by atoms with Crippen LogP contribution in [0, 0.1) is 5.92 Å². The van der Waals surface area contributed by atoms with Gasteiger partial charge in [0.2, 0.25) is 0 Å². The standard InChI is InChI=1S/C33H40N2O6/c1-5-19-39-33(38)34-28-17-15-27(16-18-28)32-40-29(20-35(4)23(3)30(37)25-9-7-6-8-10-25)22(2)31(41-32)26-13-11-24(21-36)12-14-26/h5-18,22-23,29-32,36-37H,1,19-21H2,2-4H3,(H,34,38)/t22-,23+,29+,30+,31+,32+/m0/s1. The van der Waals surface area contributed by atoms with Crippen molar-refractivity contribution in [2.45, 2.75) is 51.1 Å². The fourth-order valence-electron chi connectivity index (χ4n) is 4.96. The molecule has 8 heteroatoms. The number of rotatable bonds is 11. The number of hydrogen-bond acceptors (Lipinski definition) is 7. The molecule has 0 bridgehead atoms. The van der Waals surface area contributed by atoms with Gasteiger partial charge in [-0.3, -0.25) is 10.2 Å². The summed E-state index contributed by atoms with van der Waals surface area (Å²) in [5, 5.41) is 23.2. The molecule has 41 heavy (non-hydrogen) atoms. The highest BCUT2D eigenvalue weighted by molar-refractivity contribution is 5.84. The first-order chi connectivity index (χ1) is 19.8. The number of benzene rings is 3. The summed E-state index contributed by atoms with van der Waals surface area (Å²) in [7, 11) is 1.99. The van der Waals surface area contributed by atoms with E-state index >= 15 is 0 Å². The van der Waals surface area contributed by atoms with Crippen LogP contribution in [0.3, 0.4) is 0 Å². The number of amides is 1. The van der Waals surface area contributed by atoms with Crippen LogP contribution in [0.5, 0.6) is 0 Å². The fraction of sp³-hybridized carbons (Fsp3) is 0.364. The van der Waals surface area contributed by atoms with E-state index in [0.717, 1.165) is 22.3 Å². The number of aliphatic hydroxyl groups excluding tert-OH is 2. The molecule has 0 unspecified atom stereocenters. The molecule has 1 aliphatic heterocycles. The largest absolute Gasteiger partial charge is 0.445 e. The molecule has 1 amide bonds. The van der Waals surface area contributed by atoms with Gasteiger partial charge in [0.15, 0.2) is 6.29 Å². The van der Waals surface area contributed by atoms with Gasteiger partial charge in [0.05, 0.1) is 24.9 Å². The number of hydrogen-bond donors (Lipinski definition) is 3. The highest BCUT2D eigenvalue weighted by atomic mass is 16.7. The van der Waals surface area contributed by atoms with Crippen molar-refractivity contribution >= 4 is 11.8 Å². The minimum atomic E-state index is -0.650. The molecule has 4 rings (SSSR count). The van der Waals surface area contributed by atoms with Crippen LogP contribution in [0.1, 0.15) is 54.6 Å². The smallest absolute Gasteiger partial charge is 0.411 e. The minimum Gasteiger partial charge on any atom is -0.445 e. The monoisotopic (exact) mass is 560 g/mol. The van der Waals surface area contributed by atoms with Crippen LogP contribution >= 0.6 is 0 Å². The second kappa shape index (κ2) is 14.4. The number of anilines is 1. The molecular weight excluding hydrogens is 520 g/mol. The molecule has 1 saturated heterocycles. The SMILES string of the molecule is C=CCOC(=O)Nc1ccc([C@@H]2O[C@H](CN(C)[C@H](C)[C@@H](O)c3ccccc3)[C@H](C)[C@H](c3ccc(CO)cc3)O2)cc1. The number of carbonyl (C=O) groups excluding carboxylic acids is 1. The number of nitrogens with zero attached hydrogens (tertiary/aromatic N) is 1. The van der Waals surface area contributed by atoms with Crippen LogP contribution in [0.15, 0.2) is 91.5 Å². The molecular formula is C33H40N2O6. The minimum absolute atomic E-state index is 0.00434. The molecule has 1 heterocycles. The van der Waals surface area contributed by atoms with E-state index in [4.69, 9.17) is 14.2 Å². The van der Waals surface area contributed by atoms with Crippen LogP contribution in [0.4, 0.5) is 10.5 Å². The Balaban J connectivity index is 1.53. The van der Waals surface area contributed by atoms with Gasteiger partial charge in [-0.1, -0.05) is 86.3 Å². The van der Waals surface area contributed by atoms with Gasteiger partial charge in [-0.2, -0.15) is 0 Å². The Kier molecular flexibility index (Phi) is 10.7. The number of aliphatic hydroxyl groups is 2. The van der Waals surface area contributed by atoms with E-state index in [2.05, 4.69) is 23.7 Å². The molecule has 0 saturated carbocycles. The number of likely N-dealkylation sites (N-methyl/N-ethyl adjacent to an activating group) is 1. The lowest BCUT2D eigenvalue weighted by Gasteiger charge is -2.43. The average Bonchev–Trinajstić information content (AvgIpc) is 3.01. The summed E-state index contributed by atoms with van der Waals surface area (Å²) < 4.78 is 18.1. The second-order valence-electron chi connectivity index (χ2n) is 10.5. The Hall–Kier alpha value is -3.53. The van der Waals surface area contributed by atoms with Crippen molar-refractivity contribution in [2.75, 3.05) is 25.5 Å². The maximum atomic E-state index is 11.9. The van der Waals surface area contributed by atoms with Crippen molar-refractivity contribution in [1.82, 2.24) is 4.90 Å².